The van der Waals surface area contributed by atoms with Crippen molar-refractivity contribution in [3.05, 3.63) is 12.7 Å². The van der Waals surface area contributed by atoms with E-state index in [9.17, 15) is 14.7 Å². The lowest BCUT2D eigenvalue weighted by Crippen LogP contribution is -2.52. The van der Waals surface area contributed by atoms with E-state index in [-0.39, 0.29) is 6.42 Å². The summed E-state index contributed by atoms with van der Waals surface area (Å²) in [5.41, 5.74) is -1.64. The molecule has 1 saturated carbocycles. The lowest BCUT2D eigenvalue weighted by molar-refractivity contribution is -0.157. The highest BCUT2D eigenvalue weighted by Crippen LogP contribution is 2.41. The van der Waals surface area contributed by atoms with Crippen LogP contribution < -0.4 is 0 Å². The number of methoxy groups -OCH3 is 1. The van der Waals surface area contributed by atoms with Gasteiger partial charge in [-0.2, -0.15) is 0 Å². The van der Waals surface area contributed by atoms with E-state index in [1.807, 2.05) is 20.8 Å². The Morgan fingerprint density at radius 3 is 2.39 bits per heavy atom. The number of carbonyl (C=O) groups is 2. The second-order valence-electron chi connectivity index (χ2n) is 10.3. The number of allylic oxidation sites excluding steroid dienone is 1. The number of esters is 1. The Bertz CT molecular complexity index is 634. The molecule has 31 heavy (non-hydrogen) atoms. The Hall–Kier alpha value is -1.60. The first-order valence-electron chi connectivity index (χ1n) is 11.5. The second-order valence-corrected chi connectivity index (χ2v) is 10.3. The molecule has 0 aromatic carbocycles. The van der Waals surface area contributed by atoms with Crippen molar-refractivity contribution in [3.63, 3.8) is 0 Å². The molecule has 7 heteroatoms. The Labute approximate surface area is 187 Å². The van der Waals surface area contributed by atoms with Gasteiger partial charge in [-0.1, -0.05) is 38.2 Å². The summed E-state index contributed by atoms with van der Waals surface area (Å²) in [6.45, 7) is 12.8. The molecule has 1 amide bonds. The van der Waals surface area contributed by atoms with Crippen LogP contribution in [0.2, 0.25) is 0 Å². The molecule has 1 N–H and O–H groups in total. The molecule has 4 atom stereocenters. The van der Waals surface area contributed by atoms with Crippen molar-refractivity contribution in [2.45, 2.75) is 109 Å². The molecular weight excluding hydrogens is 398 g/mol. The third-order valence-electron chi connectivity index (χ3n) is 6.28. The third-order valence-corrected chi connectivity index (χ3v) is 6.28. The zero-order valence-corrected chi connectivity index (χ0v) is 20.1. The maximum atomic E-state index is 13.2. The van der Waals surface area contributed by atoms with Crippen LogP contribution in [0.25, 0.3) is 0 Å². The zero-order chi connectivity index (χ0) is 23.4. The summed E-state index contributed by atoms with van der Waals surface area (Å²) < 4.78 is 16.9. The topological polar surface area (TPSA) is 85.3 Å². The molecule has 7 nitrogen and oxygen atoms in total. The van der Waals surface area contributed by atoms with Crippen molar-refractivity contribution in [1.82, 2.24) is 4.90 Å². The summed E-state index contributed by atoms with van der Waals surface area (Å²) in [5.74, 6) is -0.886. The van der Waals surface area contributed by atoms with Crippen LogP contribution in [0, 0.1) is 11.8 Å². The van der Waals surface area contributed by atoms with Gasteiger partial charge in [-0.25, -0.2) is 4.79 Å². The van der Waals surface area contributed by atoms with E-state index in [2.05, 4.69) is 6.58 Å². The molecule has 1 aliphatic heterocycles. The summed E-state index contributed by atoms with van der Waals surface area (Å²) in [7, 11) is 1.30. The molecule has 0 spiro atoms. The van der Waals surface area contributed by atoms with Crippen LogP contribution >= 0.6 is 0 Å². The van der Waals surface area contributed by atoms with E-state index in [1.54, 1.807) is 24.8 Å². The van der Waals surface area contributed by atoms with E-state index >= 15 is 0 Å². The van der Waals surface area contributed by atoms with Crippen LogP contribution in [0.5, 0.6) is 0 Å². The highest BCUT2D eigenvalue weighted by Gasteiger charge is 2.55. The number of ether oxygens (including phenoxy) is 3. The number of aliphatic hydroxyl groups excluding tert-OH is 1. The van der Waals surface area contributed by atoms with Gasteiger partial charge >= 0.3 is 12.1 Å². The minimum Gasteiger partial charge on any atom is -0.469 e. The molecule has 0 aromatic rings. The average molecular weight is 440 g/mol. The molecule has 3 unspecified atom stereocenters. The predicted octanol–water partition coefficient (Wildman–Crippen LogP) is 4.42. The molecule has 0 radical (unpaired) electrons. The average Bonchev–Trinajstić information content (AvgIpc) is 2.94. The van der Waals surface area contributed by atoms with E-state index in [1.165, 1.54) is 26.4 Å². The van der Waals surface area contributed by atoms with Gasteiger partial charge in [0.15, 0.2) is 0 Å². The van der Waals surface area contributed by atoms with E-state index < -0.39 is 47.6 Å². The van der Waals surface area contributed by atoms with Crippen LogP contribution in [0.3, 0.4) is 0 Å². The van der Waals surface area contributed by atoms with E-state index in [4.69, 9.17) is 14.2 Å². The van der Waals surface area contributed by atoms with Gasteiger partial charge in [0.25, 0.3) is 0 Å². The molecule has 1 heterocycles. The summed E-state index contributed by atoms with van der Waals surface area (Å²) >= 11 is 0. The molecular formula is C24H41NO6. The molecule has 2 rings (SSSR count). The van der Waals surface area contributed by atoms with Gasteiger partial charge in [0.2, 0.25) is 0 Å². The summed E-state index contributed by atoms with van der Waals surface area (Å²) in [6.07, 6.45) is 5.98. The summed E-state index contributed by atoms with van der Waals surface area (Å²) in [6, 6.07) is -0.403. The van der Waals surface area contributed by atoms with Gasteiger partial charge in [0.1, 0.15) is 17.4 Å². The first-order valence-corrected chi connectivity index (χ1v) is 11.5. The fourth-order valence-corrected chi connectivity index (χ4v) is 4.92. The predicted molar refractivity (Wildman–Crippen MR) is 118 cm³/mol. The number of hydrogen-bond acceptors (Lipinski definition) is 6. The molecule has 178 valence electrons. The van der Waals surface area contributed by atoms with Gasteiger partial charge < -0.3 is 19.3 Å². The Morgan fingerprint density at radius 2 is 1.87 bits per heavy atom. The fraction of sp³-hybridized carbons (Fsp3) is 0.833. The number of rotatable bonds is 7. The van der Waals surface area contributed by atoms with Gasteiger partial charge in [-0.05, 0) is 53.4 Å². The number of amides is 1. The third kappa shape index (κ3) is 6.45. The molecule has 1 aliphatic carbocycles. The van der Waals surface area contributed by atoms with Gasteiger partial charge in [0.05, 0.1) is 25.2 Å². The Morgan fingerprint density at radius 1 is 1.26 bits per heavy atom. The second kappa shape index (κ2) is 10.3. The monoisotopic (exact) mass is 439 g/mol. The molecule has 2 aliphatic rings. The van der Waals surface area contributed by atoms with Crippen LogP contribution in [-0.2, 0) is 19.0 Å². The van der Waals surface area contributed by atoms with Crippen molar-refractivity contribution >= 4 is 12.1 Å². The fourth-order valence-electron chi connectivity index (χ4n) is 4.92. The highest BCUT2D eigenvalue weighted by molar-refractivity contribution is 5.73. The minimum atomic E-state index is -1.13. The molecule has 0 aromatic heterocycles. The van der Waals surface area contributed by atoms with Crippen molar-refractivity contribution in [3.8, 4) is 0 Å². The van der Waals surface area contributed by atoms with Crippen molar-refractivity contribution in [2.75, 3.05) is 7.11 Å². The van der Waals surface area contributed by atoms with Gasteiger partial charge in [0, 0.05) is 0 Å². The van der Waals surface area contributed by atoms with Crippen LogP contribution in [0.4, 0.5) is 4.79 Å². The number of hydrogen-bond donors (Lipinski definition) is 1. The van der Waals surface area contributed by atoms with Crippen molar-refractivity contribution in [1.29, 1.82) is 0 Å². The van der Waals surface area contributed by atoms with Crippen LogP contribution in [0.1, 0.15) is 79.6 Å². The number of aliphatic hydroxyl groups is 1. The standard InChI is InChI=1S/C24H41NO6/c1-8-12-17(21(27)29-7)19(26)20-18(15-16-13-10-9-11-14-16)25(24(5,6)30-20)22(28)31-23(2,3)4/h8,16-20,26H,1,9-15H2,2-7H3/t17?,18-,19?,20?/m1/s1. The van der Waals surface area contributed by atoms with Gasteiger partial charge in [-0.15, -0.1) is 6.58 Å². The Balaban J connectivity index is 2.38. The zero-order valence-electron chi connectivity index (χ0n) is 20.1. The normalized spacial score (nSPS) is 26.2. The smallest absolute Gasteiger partial charge is 0.412 e. The van der Waals surface area contributed by atoms with E-state index in [0.29, 0.717) is 12.3 Å². The molecule has 0 bridgehead atoms. The highest BCUT2D eigenvalue weighted by atomic mass is 16.6. The lowest BCUT2D eigenvalue weighted by atomic mass is 9.81. The maximum absolute atomic E-state index is 13.2. The van der Waals surface area contributed by atoms with Crippen molar-refractivity contribution < 1.29 is 28.9 Å². The van der Waals surface area contributed by atoms with Crippen LogP contribution in [-0.4, -0.2) is 58.8 Å². The minimum absolute atomic E-state index is 0.261. The summed E-state index contributed by atoms with van der Waals surface area (Å²) in [5, 5.41) is 11.3. The first kappa shape index (κ1) is 25.7. The van der Waals surface area contributed by atoms with Crippen LogP contribution in [0.15, 0.2) is 12.7 Å². The largest absolute Gasteiger partial charge is 0.469 e. The SMILES string of the molecule is C=CCC(C(=O)OC)C(O)C1OC(C)(C)N(C(=O)OC(C)(C)C)[C@@H]1CC1CCCCC1. The van der Waals surface area contributed by atoms with E-state index in [0.717, 1.165) is 12.8 Å². The van der Waals surface area contributed by atoms with Crippen molar-refractivity contribution in [2.24, 2.45) is 11.8 Å². The Kier molecular flexibility index (Phi) is 8.56. The first-order chi connectivity index (χ1) is 14.4. The number of carbonyl (C=O) groups excluding carboxylic acids is 2. The molecule has 2 fully saturated rings. The van der Waals surface area contributed by atoms with Gasteiger partial charge in [-0.3, -0.25) is 9.69 Å². The lowest BCUT2D eigenvalue weighted by Gasteiger charge is -2.37. The summed E-state index contributed by atoms with van der Waals surface area (Å²) in [4.78, 5) is 27.2. The quantitative estimate of drug-likeness (QED) is 0.467. The maximum Gasteiger partial charge on any atom is 0.412 e. The molecule has 1 saturated heterocycles. The number of nitrogens with zero attached hydrogens (tertiary/aromatic N) is 1.